The van der Waals surface area contributed by atoms with E-state index in [1.54, 1.807) is 7.11 Å². The molecule has 0 saturated heterocycles. The van der Waals surface area contributed by atoms with E-state index < -0.39 is 0 Å². The molecule has 0 radical (unpaired) electrons. The smallest absolute Gasteiger partial charge is 0.134 e. The van der Waals surface area contributed by atoms with Gasteiger partial charge in [0.2, 0.25) is 0 Å². The Morgan fingerprint density at radius 2 is 2.00 bits per heavy atom. The minimum atomic E-state index is 0.174. The van der Waals surface area contributed by atoms with Crippen molar-refractivity contribution in [2.75, 3.05) is 33.5 Å². The first-order valence-electron chi connectivity index (χ1n) is 7.02. The Labute approximate surface area is 120 Å². The number of hydrogen-bond acceptors (Lipinski definition) is 4. The number of rotatable bonds is 8. The lowest BCUT2D eigenvalue weighted by molar-refractivity contribution is 0.0710. The monoisotopic (exact) mass is 277 g/mol. The van der Waals surface area contributed by atoms with Crippen LogP contribution in [-0.4, -0.2) is 33.5 Å². The van der Waals surface area contributed by atoms with Crippen molar-refractivity contribution < 1.29 is 13.9 Å². The molecule has 0 spiro atoms. The highest BCUT2D eigenvalue weighted by Crippen LogP contribution is 2.28. The molecule has 0 bridgehead atoms. The summed E-state index contributed by atoms with van der Waals surface area (Å²) in [6.45, 7) is 6.96. The number of furan rings is 1. The zero-order chi connectivity index (χ0) is 14.4. The van der Waals surface area contributed by atoms with Gasteiger partial charge in [-0.05, 0) is 25.5 Å². The lowest BCUT2D eigenvalue weighted by atomic mass is 10.1. The molecule has 0 aliphatic heterocycles. The highest BCUT2D eigenvalue weighted by atomic mass is 16.5. The number of hydrogen-bond donors (Lipinski definition) is 1. The predicted molar refractivity (Wildman–Crippen MR) is 80.1 cm³/mol. The topological polar surface area (TPSA) is 43.6 Å². The Bertz CT molecular complexity index is 536. The predicted octanol–water partition coefficient (Wildman–Crippen LogP) is 3.05. The fourth-order valence-electron chi connectivity index (χ4n) is 2.29. The first-order valence-corrected chi connectivity index (χ1v) is 7.02. The molecule has 0 saturated carbocycles. The normalized spacial score (nSPS) is 12.9. The molecule has 20 heavy (non-hydrogen) atoms. The van der Waals surface area contributed by atoms with Gasteiger partial charge in [0.1, 0.15) is 11.3 Å². The number of aryl methyl sites for hydroxylation is 1. The van der Waals surface area contributed by atoms with E-state index in [-0.39, 0.29) is 6.04 Å². The summed E-state index contributed by atoms with van der Waals surface area (Å²) in [5.41, 5.74) is 2.16. The van der Waals surface area contributed by atoms with Gasteiger partial charge in [0.15, 0.2) is 0 Å². The van der Waals surface area contributed by atoms with Crippen molar-refractivity contribution in [3.63, 3.8) is 0 Å². The molecule has 0 aliphatic carbocycles. The molecule has 0 aliphatic rings. The van der Waals surface area contributed by atoms with Crippen LogP contribution in [0.25, 0.3) is 11.0 Å². The number of ether oxygens (including phenoxy) is 2. The van der Waals surface area contributed by atoms with Crippen LogP contribution in [0.15, 0.2) is 28.7 Å². The third kappa shape index (κ3) is 3.60. The van der Waals surface area contributed by atoms with Gasteiger partial charge in [-0.2, -0.15) is 0 Å². The van der Waals surface area contributed by atoms with Crippen molar-refractivity contribution in [2.24, 2.45) is 0 Å². The molecule has 2 aromatic rings. The van der Waals surface area contributed by atoms with E-state index >= 15 is 0 Å². The summed E-state index contributed by atoms with van der Waals surface area (Å²) in [6, 6.07) is 8.31. The first kappa shape index (κ1) is 15.0. The summed E-state index contributed by atoms with van der Waals surface area (Å²) in [6.07, 6.45) is 0. The van der Waals surface area contributed by atoms with Gasteiger partial charge in [0.25, 0.3) is 0 Å². The Balaban J connectivity index is 1.88. The van der Waals surface area contributed by atoms with Gasteiger partial charge < -0.3 is 19.2 Å². The van der Waals surface area contributed by atoms with E-state index in [1.165, 1.54) is 10.9 Å². The lowest BCUT2D eigenvalue weighted by Crippen LogP contribution is -2.24. The van der Waals surface area contributed by atoms with Crippen LogP contribution in [-0.2, 0) is 9.47 Å². The third-order valence-electron chi connectivity index (χ3n) is 3.40. The minimum Gasteiger partial charge on any atom is -0.459 e. The molecular formula is C16H23NO3. The Morgan fingerprint density at radius 3 is 2.75 bits per heavy atom. The Hall–Kier alpha value is -1.36. The van der Waals surface area contributed by atoms with E-state index in [2.05, 4.69) is 25.2 Å². The number of nitrogens with one attached hydrogen (secondary N) is 1. The summed E-state index contributed by atoms with van der Waals surface area (Å²) < 4.78 is 16.3. The van der Waals surface area contributed by atoms with Crippen molar-refractivity contribution >= 4 is 11.0 Å². The van der Waals surface area contributed by atoms with Crippen LogP contribution in [0.4, 0.5) is 0 Å². The maximum atomic E-state index is 5.93. The van der Waals surface area contributed by atoms with Crippen LogP contribution in [0, 0.1) is 6.92 Å². The Morgan fingerprint density at radius 1 is 1.20 bits per heavy atom. The van der Waals surface area contributed by atoms with Crippen molar-refractivity contribution in [3.05, 3.63) is 35.6 Å². The summed E-state index contributed by atoms with van der Waals surface area (Å²) in [7, 11) is 1.67. The van der Waals surface area contributed by atoms with Crippen molar-refractivity contribution in [3.8, 4) is 0 Å². The maximum Gasteiger partial charge on any atom is 0.134 e. The fraction of sp³-hybridized carbons (Fsp3) is 0.500. The summed E-state index contributed by atoms with van der Waals surface area (Å²) in [5.74, 6) is 1.00. The average Bonchev–Trinajstić information content (AvgIpc) is 2.80. The van der Waals surface area contributed by atoms with Crippen molar-refractivity contribution in [1.29, 1.82) is 0 Å². The van der Waals surface area contributed by atoms with E-state index in [4.69, 9.17) is 13.9 Å². The van der Waals surface area contributed by atoms with Gasteiger partial charge in [0, 0.05) is 19.0 Å². The number of methoxy groups -OCH3 is 1. The first-order chi connectivity index (χ1) is 9.74. The molecule has 4 nitrogen and oxygen atoms in total. The van der Waals surface area contributed by atoms with Gasteiger partial charge in [-0.3, -0.25) is 0 Å². The zero-order valence-corrected chi connectivity index (χ0v) is 12.4. The standard InChI is InChI=1S/C16H23NO3/c1-12-14-6-4-5-7-15(14)20-16(12)13(2)17-8-9-19-11-10-18-3/h4-7,13,17H,8-11H2,1-3H3. The van der Waals surface area contributed by atoms with E-state index in [0.717, 1.165) is 17.9 Å². The van der Waals surface area contributed by atoms with Gasteiger partial charge >= 0.3 is 0 Å². The third-order valence-corrected chi connectivity index (χ3v) is 3.40. The largest absolute Gasteiger partial charge is 0.459 e. The van der Waals surface area contributed by atoms with E-state index in [0.29, 0.717) is 19.8 Å². The molecule has 4 heteroatoms. The zero-order valence-electron chi connectivity index (χ0n) is 12.4. The molecule has 1 aromatic heterocycles. The summed E-state index contributed by atoms with van der Waals surface area (Å²) in [4.78, 5) is 0. The van der Waals surface area contributed by atoms with Crippen LogP contribution < -0.4 is 5.32 Å². The number of para-hydroxylation sites is 1. The van der Waals surface area contributed by atoms with Gasteiger partial charge in [-0.1, -0.05) is 18.2 Å². The van der Waals surface area contributed by atoms with Crippen LogP contribution >= 0.6 is 0 Å². The second-order valence-electron chi connectivity index (χ2n) is 4.87. The molecular weight excluding hydrogens is 254 g/mol. The SMILES string of the molecule is COCCOCCNC(C)c1oc2ccccc2c1C. The van der Waals surface area contributed by atoms with Crippen LogP contribution in [0.1, 0.15) is 24.3 Å². The Kier molecular flexibility index (Phi) is 5.59. The molecule has 2 rings (SSSR count). The van der Waals surface area contributed by atoms with Crippen LogP contribution in [0.2, 0.25) is 0 Å². The van der Waals surface area contributed by atoms with E-state index in [1.807, 2.05) is 18.2 Å². The average molecular weight is 277 g/mol. The van der Waals surface area contributed by atoms with Crippen molar-refractivity contribution in [1.82, 2.24) is 5.32 Å². The van der Waals surface area contributed by atoms with E-state index in [9.17, 15) is 0 Å². The molecule has 110 valence electrons. The lowest BCUT2D eigenvalue weighted by Gasteiger charge is -2.12. The molecule has 0 amide bonds. The van der Waals surface area contributed by atoms with Gasteiger partial charge in [-0.15, -0.1) is 0 Å². The number of fused-ring (bicyclic) bond motifs is 1. The minimum absolute atomic E-state index is 0.174. The molecule has 1 aromatic carbocycles. The fourth-order valence-corrected chi connectivity index (χ4v) is 2.29. The van der Waals surface area contributed by atoms with Crippen molar-refractivity contribution in [2.45, 2.75) is 19.9 Å². The quantitative estimate of drug-likeness (QED) is 0.753. The highest BCUT2D eigenvalue weighted by molar-refractivity contribution is 5.82. The second kappa shape index (κ2) is 7.43. The van der Waals surface area contributed by atoms with Gasteiger partial charge in [-0.25, -0.2) is 0 Å². The van der Waals surface area contributed by atoms with Crippen LogP contribution in [0.3, 0.4) is 0 Å². The summed E-state index contributed by atoms with van der Waals surface area (Å²) in [5, 5.41) is 4.61. The molecule has 1 N–H and O–H groups in total. The second-order valence-corrected chi connectivity index (χ2v) is 4.87. The molecule has 1 unspecified atom stereocenters. The number of benzene rings is 1. The van der Waals surface area contributed by atoms with Gasteiger partial charge in [0.05, 0.1) is 25.9 Å². The molecule has 0 fully saturated rings. The molecule has 1 atom stereocenters. The highest BCUT2D eigenvalue weighted by Gasteiger charge is 2.15. The summed E-state index contributed by atoms with van der Waals surface area (Å²) >= 11 is 0. The van der Waals surface area contributed by atoms with Crippen LogP contribution in [0.5, 0.6) is 0 Å². The molecule has 1 heterocycles. The maximum absolute atomic E-state index is 5.93.